The molecule has 0 amide bonds. The molecule has 1 N–H and O–H groups in total. The Morgan fingerprint density at radius 1 is 0.875 bits per heavy atom. The zero-order chi connectivity index (χ0) is 10.3. The fourth-order valence-electron chi connectivity index (χ4n) is 1.27. The van der Waals surface area contributed by atoms with Crippen molar-refractivity contribution in [2.75, 3.05) is 0 Å². The third kappa shape index (κ3) is 3.92. The average molecular weight is 282 g/mol. The Labute approximate surface area is 121 Å². The van der Waals surface area contributed by atoms with Crippen molar-refractivity contribution in [2.45, 2.75) is 0 Å². The first kappa shape index (κ1) is 13.2. The van der Waals surface area contributed by atoms with E-state index in [9.17, 15) is 0 Å². The number of fused-ring (bicyclic) bond motifs is 1. The first-order valence-corrected chi connectivity index (χ1v) is 4.82. The monoisotopic (exact) mass is 282 g/mol. The summed E-state index contributed by atoms with van der Waals surface area (Å²) < 4.78 is 0. The minimum atomic E-state index is 0. The Kier molecular flexibility index (Phi) is 6.06. The molecule has 0 aliphatic carbocycles. The topological polar surface area (TPSA) is 15.8 Å². The Morgan fingerprint density at radius 3 is 2.19 bits per heavy atom. The summed E-state index contributed by atoms with van der Waals surface area (Å²) in [4.78, 5) is 2.99. The van der Waals surface area contributed by atoms with Crippen molar-refractivity contribution in [3.05, 3.63) is 72.9 Å². The number of hydrogen-bond acceptors (Lipinski definition) is 0. The predicted molar refractivity (Wildman–Crippen MR) is 62.4 cm³/mol. The molecule has 3 rings (SSSR count). The minimum Gasteiger partial charge on any atom is -0.477 e. The van der Waals surface area contributed by atoms with Crippen molar-refractivity contribution in [3.63, 3.8) is 0 Å². The van der Waals surface area contributed by atoms with Crippen molar-refractivity contribution < 1.29 is 32.7 Å². The third-order valence-corrected chi connectivity index (χ3v) is 2.00. The van der Waals surface area contributed by atoms with Gasteiger partial charge in [0.1, 0.15) is 0 Å². The van der Waals surface area contributed by atoms with E-state index in [0.29, 0.717) is 0 Å². The van der Waals surface area contributed by atoms with Gasteiger partial charge in [-0.1, -0.05) is 12.1 Å². The van der Waals surface area contributed by atoms with E-state index in [1.165, 1.54) is 5.39 Å². The zero-order valence-corrected chi connectivity index (χ0v) is 11.7. The number of hydrogen-bond donors (Lipinski definition) is 1. The molecule has 0 fully saturated rings. The van der Waals surface area contributed by atoms with Crippen molar-refractivity contribution in [3.8, 4) is 0 Å². The molecule has 77 valence electrons. The van der Waals surface area contributed by atoms with Crippen LogP contribution in [0.15, 0.2) is 60.7 Å². The van der Waals surface area contributed by atoms with Gasteiger partial charge in [0.05, 0.1) is 0 Å². The summed E-state index contributed by atoms with van der Waals surface area (Å²) in [7, 11) is 0. The third-order valence-electron chi connectivity index (χ3n) is 2.00. The summed E-state index contributed by atoms with van der Waals surface area (Å²) in [6.07, 6.45) is 2.91. The molecule has 16 heavy (non-hydrogen) atoms. The summed E-state index contributed by atoms with van der Waals surface area (Å²) in [5, 5.41) is 1.22. The molecule has 0 aliphatic rings. The second-order valence-corrected chi connectivity index (χ2v) is 3.08. The number of aromatic amines is 1. The van der Waals surface area contributed by atoms with Gasteiger partial charge >= 0.3 is 0 Å². The van der Waals surface area contributed by atoms with E-state index in [1.807, 2.05) is 54.6 Å². The molecule has 3 aromatic rings. The molecule has 0 aliphatic heterocycles. The Hall–Kier alpha value is -0.916. The largest absolute Gasteiger partial charge is 0.477 e. The SMILES string of the molecule is [Y].[c-]1cc2ccccc2[nH]1.[c-]1ccccc1. The van der Waals surface area contributed by atoms with Gasteiger partial charge in [0, 0.05) is 32.7 Å². The number of benzene rings is 2. The second-order valence-electron chi connectivity index (χ2n) is 3.08. The van der Waals surface area contributed by atoms with Crippen LogP contribution in [0.3, 0.4) is 0 Å². The molecule has 1 heterocycles. The summed E-state index contributed by atoms with van der Waals surface area (Å²) >= 11 is 0. The van der Waals surface area contributed by atoms with Crippen LogP contribution in [0.5, 0.6) is 0 Å². The Morgan fingerprint density at radius 2 is 1.62 bits per heavy atom. The zero-order valence-electron chi connectivity index (χ0n) is 8.85. The number of para-hydroxylation sites is 1. The van der Waals surface area contributed by atoms with E-state index < -0.39 is 0 Å². The summed E-state index contributed by atoms with van der Waals surface area (Å²) in [5.41, 5.74) is 1.15. The quantitative estimate of drug-likeness (QED) is 0.608. The van der Waals surface area contributed by atoms with Crippen LogP contribution in [0.2, 0.25) is 0 Å². The summed E-state index contributed by atoms with van der Waals surface area (Å²) in [6, 6.07) is 22.6. The maximum Gasteiger partial charge on any atom is 0 e. The number of aromatic nitrogens is 1. The molecule has 1 nitrogen and oxygen atoms in total. The van der Waals surface area contributed by atoms with Gasteiger partial charge in [-0.2, -0.15) is 47.9 Å². The molecule has 0 saturated heterocycles. The standard InChI is InChI=1S/C8H6N.C6H5.Y/c1-2-4-8-7(3-1)5-6-9-8;1-2-4-6-5-3-1;/h1-5,9H;1-5H;/q2*-1;. The normalized spacial score (nSPS) is 8.75. The number of nitrogens with one attached hydrogen (secondary N) is 1. The van der Waals surface area contributed by atoms with Crippen LogP contribution in [0.1, 0.15) is 0 Å². The van der Waals surface area contributed by atoms with Gasteiger partial charge in [0.2, 0.25) is 0 Å². The molecule has 0 bridgehead atoms. The van der Waals surface area contributed by atoms with Crippen LogP contribution in [0, 0.1) is 12.3 Å². The number of H-pyrrole nitrogens is 1. The summed E-state index contributed by atoms with van der Waals surface area (Å²) in [6.45, 7) is 0. The van der Waals surface area contributed by atoms with E-state index in [2.05, 4.69) is 23.3 Å². The van der Waals surface area contributed by atoms with Crippen molar-refractivity contribution >= 4 is 10.9 Å². The van der Waals surface area contributed by atoms with Crippen molar-refractivity contribution in [2.24, 2.45) is 0 Å². The molecule has 0 spiro atoms. The van der Waals surface area contributed by atoms with Gasteiger partial charge in [-0.15, -0.1) is 23.8 Å². The molecule has 0 unspecified atom stereocenters. The number of rotatable bonds is 0. The fraction of sp³-hybridized carbons (Fsp3) is 0. The first-order valence-electron chi connectivity index (χ1n) is 4.82. The molecule has 0 atom stereocenters. The Balaban J connectivity index is 0.000000162. The molecular formula is C14H11NY-2. The molecule has 1 aromatic heterocycles. The van der Waals surface area contributed by atoms with Crippen LogP contribution >= 0.6 is 0 Å². The van der Waals surface area contributed by atoms with Gasteiger partial charge in [0.25, 0.3) is 0 Å². The molecule has 2 heteroatoms. The van der Waals surface area contributed by atoms with E-state index in [1.54, 1.807) is 0 Å². The molecular weight excluding hydrogens is 271 g/mol. The Bertz CT molecular complexity index is 445. The van der Waals surface area contributed by atoms with E-state index >= 15 is 0 Å². The smallest absolute Gasteiger partial charge is 0 e. The van der Waals surface area contributed by atoms with Crippen LogP contribution in [0.4, 0.5) is 0 Å². The van der Waals surface area contributed by atoms with Gasteiger partial charge in [0.15, 0.2) is 0 Å². The van der Waals surface area contributed by atoms with Crippen LogP contribution in [0.25, 0.3) is 10.9 Å². The van der Waals surface area contributed by atoms with Gasteiger partial charge < -0.3 is 4.98 Å². The van der Waals surface area contributed by atoms with Crippen LogP contribution < -0.4 is 0 Å². The van der Waals surface area contributed by atoms with E-state index in [4.69, 9.17) is 0 Å². The van der Waals surface area contributed by atoms with Gasteiger partial charge in [-0.3, -0.25) is 0 Å². The van der Waals surface area contributed by atoms with Crippen molar-refractivity contribution in [1.82, 2.24) is 4.98 Å². The summed E-state index contributed by atoms with van der Waals surface area (Å²) in [5.74, 6) is 0. The molecule has 1 radical (unpaired) electrons. The van der Waals surface area contributed by atoms with Crippen LogP contribution in [-0.4, -0.2) is 4.98 Å². The first-order chi connectivity index (χ1) is 7.47. The fourth-order valence-corrected chi connectivity index (χ4v) is 1.27. The minimum absolute atomic E-state index is 0. The molecule has 2 aromatic carbocycles. The van der Waals surface area contributed by atoms with E-state index in [-0.39, 0.29) is 32.7 Å². The maximum atomic E-state index is 2.99. The second kappa shape index (κ2) is 7.37. The van der Waals surface area contributed by atoms with Gasteiger partial charge in [-0.05, 0) is 0 Å². The van der Waals surface area contributed by atoms with Gasteiger partial charge in [-0.25, -0.2) is 0 Å². The predicted octanol–water partition coefficient (Wildman–Crippen LogP) is 3.45. The van der Waals surface area contributed by atoms with Crippen molar-refractivity contribution in [1.29, 1.82) is 0 Å². The van der Waals surface area contributed by atoms with E-state index in [0.717, 1.165) is 5.52 Å². The maximum absolute atomic E-state index is 2.99. The average Bonchev–Trinajstić information content (AvgIpc) is 2.80. The van der Waals surface area contributed by atoms with Crippen LogP contribution in [-0.2, 0) is 32.7 Å². The molecule has 0 saturated carbocycles.